The number of thiophene rings is 1. The van der Waals surface area contributed by atoms with Gasteiger partial charge in [0, 0.05) is 5.56 Å². The number of hydrogen-bond acceptors (Lipinski definition) is 7. The summed E-state index contributed by atoms with van der Waals surface area (Å²) in [6, 6.07) is 9.94. The molecule has 2 rings (SSSR count). The second kappa shape index (κ2) is 8.78. The Balaban J connectivity index is 1.85. The number of rotatable bonds is 7. The number of hydrogen-bond donors (Lipinski definition) is 1. The number of amides is 1. The van der Waals surface area contributed by atoms with Gasteiger partial charge in [-0.25, -0.2) is 4.79 Å². The third-order valence-corrected chi connectivity index (χ3v) is 4.13. The summed E-state index contributed by atoms with van der Waals surface area (Å²) in [7, 11) is 0. The molecule has 1 N–H and O–H groups in total. The van der Waals surface area contributed by atoms with Crippen LogP contribution >= 0.6 is 11.3 Å². The summed E-state index contributed by atoms with van der Waals surface area (Å²) in [6.07, 6.45) is -1.05. The summed E-state index contributed by atoms with van der Waals surface area (Å²) < 4.78 is 10.3. The van der Waals surface area contributed by atoms with Gasteiger partial charge in [0.15, 0.2) is 18.5 Å². The lowest BCUT2D eigenvalue weighted by Crippen LogP contribution is -2.31. The van der Waals surface area contributed by atoms with Crippen LogP contribution in [-0.2, 0) is 14.3 Å². The maximum Gasteiger partial charge on any atom is 0.344 e. The number of esters is 1. The lowest BCUT2D eigenvalue weighted by atomic mass is 10.1. The Bertz CT molecular complexity index is 868. The quantitative estimate of drug-likeness (QED) is 0.592. The van der Waals surface area contributed by atoms with E-state index in [-0.39, 0.29) is 5.78 Å². The normalized spacial score (nSPS) is 11.1. The second-order valence-electron chi connectivity index (χ2n) is 5.27. The highest BCUT2D eigenvalue weighted by molar-refractivity contribution is 7.14. The summed E-state index contributed by atoms with van der Waals surface area (Å²) in [5.41, 5.74) is 0.809. The number of nitriles is 1. The van der Waals surface area contributed by atoms with Crippen molar-refractivity contribution in [1.29, 1.82) is 5.26 Å². The molecule has 1 atom stereocenters. The minimum Gasteiger partial charge on any atom is -0.482 e. The fraction of sp³-hybridized carbons (Fsp3) is 0.222. The van der Waals surface area contributed by atoms with Crippen molar-refractivity contribution >= 4 is 34.0 Å². The largest absolute Gasteiger partial charge is 0.482 e. The van der Waals surface area contributed by atoms with Gasteiger partial charge in [-0.1, -0.05) is 12.1 Å². The molecule has 26 heavy (non-hydrogen) atoms. The standard InChI is InChI=1S/C18H16N2O5S/c1-11(21)13-4-3-5-15(8-13)24-10-16(22)25-12(2)17(23)20-18-14(9-19)6-7-26-18/h3-8,12H,10H2,1-2H3,(H,20,23)/t12-/m1/s1. The van der Waals surface area contributed by atoms with E-state index in [1.807, 2.05) is 6.07 Å². The van der Waals surface area contributed by atoms with Gasteiger partial charge in [-0.3, -0.25) is 9.59 Å². The van der Waals surface area contributed by atoms with Crippen LogP contribution in [0.4, 0.5) is 5.00 Å². The molecule has 1 aromatic carbocycles. The predicted octanol–water partition coefficient (Wildman–Crippen LogP) is 2.77. The van der Waals surface area contributed by atoms with Gasteiger partial charge in [0.05, 0.1) is 5.56 Å². The average Bonchev–Trinajstić information content (AvgIpc) is 3.07. The van der Waals surface area contributed by atoms with Gasteiger partial charge in [0.2, 0.25) is 0 Å². The average molecular weight is 372 g/mol. The van der Waals surface area contributed by atoms with Gasteiger partial charge in [0.1, 0.15) is 16.8 Å². The molecule has 2 aromatic rings. The van der Waals surface area contributed by atoms with E-state index < -0.39 is 24.6 Å². The zero-order valence-electron chi connectivity index (χ0n) is 14.1. The van der Waals surface area contributed by atoms with E-state index in [2.05, 4.69) is 5.32 Å². The molecule has 0 saturated carbocycles. The van der Waals surface area contributed by atoms with Gasteiger partial charge in [0.25, 0.3) is 5.91 Å². The maximum atomic E-state index is 12.0. The molecule has 8 heteroatoms. The maximum absolute atomic E-state index is 12.0. The molecule has 0 saturated heterocycles. The molecule has 0 bridgehead atoms. The molecule has 0 aliphatic rings. The van der Waals surface area contributed by atoms with Gasteiger partial charge < -0.3 is 14.8 Å². The molecule has 0 aliphatic carbocycles. The first kappa shape index (κ1) is 19.1. The summed E-state index contributed by atoms with van der Waals surface area (Å²) in [5.74, 6) is -1.04. The number of anilines is 1. The van der Waals surface area contributed by atoms with Gasteiger partial charge in [-0.15, -0.1) is 11.3 Å². The summed E-state index contributed by atoms with van der Waals surface area (Å²) in [5, 5.41) is 13.5. The summed E-state index contributed by atoms with van der Waals surface area (Å²) >= 11 is 1.20. The van der Waals surface area contributed by atoms with Crippen molar-refractivity contribution in [2.75, 3.05) is 11.9 Å². The molecule has 0 aliphatic heterocycles. The second-order valence-corrected chi connectivity index (χ2v) is 6.19. The number of carbonyl (C=O) groups is 3. The summed E-state index contributed by atoms with van der Waals surface area (Å²) in [4.78, 5) is 35.2. The van der Waals surface area contributed by atoms with Crippen LogP contribution in [0, 0.1) is 11.3 Å². The predicted molar refractivity (Wildman–Crippen MR) is 95.2 cm³/mol. The van der Waals surface area contributed by atoms with E-state index >= 15 is 0 Å². The van der Waals surface area contributed by atoms with E-state index in [0.717, 1.165) is 0 Å². The zero-order chi connectivity index (χ0) is 19.1. The molecule has 0 radical (unpaired) electrons. The first-order chi connectivity index (χ1) is 12.4. The molecule has 1 aromatic heterocycles. The van der Waals surface area contributed by atoms with Crippen molar-refractivity contribution in [2.24, 2.45) is 0 Å². The van der Waals surface area contributed by atoms with Crippen LogP contribution in [0.2, 0.25) is 0 Å². The molecule has 0 fully saturated rings. The van der Waals surface area contributed by atoms with E-state index in [1.54, 1.807) is 29.6 Å². The van der Waals surface area contributed by atoms with E-state index in [1.165, 1.54) is 31.3 Å². The highest BCUT2D eigenvalue weighted by Gasteiger charge is 2.20. The topological polar surface area (TPSA) is 105 Å². The van der Waals surface area contributed by atoms with Gasteiger partial charge in [-0.2, -0.15) is 5.26 Å². The van der Waals surface area contributed by atoms with E-state index in [4.69, 9.17) is 14.7 Å². The Morgan fingerprint density at radius 1 is 1.31 bits per heavy atom. The SMILES string of the molecule is CC(=O)c1cccc(OCC(=O)O[C@H](C)C(=O)Nc2sccc2C#N)c1. The van der Waals surface area contributed by atoms with Gasteiger partial charge in [-0.05, 0) is 37.4 Å². The fourth-order valence-corrected chi connectivity index (χ4v) is 2.68. The molecular weight excluding hydrogens is 356 g/mol. The van der Waals surface area contributed by atoms with E-state index in [0.29, 0.717) is 21.9 Å². The highest BCUT2D eigenvalue weighted by atomic mass is 32.1. The van der Waals surface area contributed by atoms with Crippen molar-refractivity contribution < 1.29 is 23.9 Å². The highest BCUT2D eigenvalue weighted by Crippen LogP contribution is 2.22. The number of carbonyl (C=O) groups excluding carboxylic acids is 3. The van der Waals surface area contributed by atoms with Crippen LogP contribution in [0.15, 0.2) is 35.7 Å². The zero-order valence-corrected chi connectivity index (χ0v) is 15.0. The monoisotopic (exact) mass is 372 g/mol. The summed E-state index contributed by atoms with van der Waals surface area (Å²) in [6.45, 7) is 2.45. The van der Waals surface area contributed by atoms with Crippen LogP contribution in [0.5, 0.6) is 5.75 Å². The third kappa shape index (κ3) is 5.16. The number of nitrogens with zero attached hydrogens (tertiary/aromatic N) is 1. The lowest BCUT2D eigenvalue weighted by Gasteiger charge is -2.13. The Labute approximate surface area is 154 Å². The molecule has 0 spiro atoms. The van der Waals surface area contributed by atoms with Crippen LogP contribution in [0.25, 0.3) is 0 Å². The van der Waals surface area contributed by atoms with Crippen molar-refractivity contribution in [3.8, 4) is 11.8 Å². The first-order valence-corrected chi connectivity index (χ1v) is 8.50. The molecular formula is C18H16N2O5S. The number of ketones is 1. The molecule has 7 nitrogen and oxygen atoms in total. The number of benzene rings is 1. The van der Waals surface area contributed by atoms with Crippen molar-refractivity contribution in [3.63, 3.8) is 0 Å². The molecule has 0 unspecified atom stereocenters. The van der Waals surface area contributed by atoms with Crippen molar-refractivity contribution in [1.82, 2.24) is 0 Å². The van der Waals surface area contributed by atoms with Crippen LogP contribution in [-0.4, -0.2) is 30.4 Å². The minimum atomic E-state index is -1.05. The van der Waals surface area contributed by atoms with Gasteiger partial charge >= 0.3 is 5.97 Å². The van der Waals surface area contributed by atoms with Crippen LogP contribution in [0.1, 0.15) is 29.8 Å². The van der Waals surface area contributed by atoms with E-state index in [9.17, 15) is 14.4 Å². The number of ether oxygens (including phenoxy) is 2. The third-order valence-electron chi connectivity index (χ3n) is 3.30. The first-order valence-electron chi connectivity index (χ1n) is 7.62. The molecule has 1 amide bonds. The smallest absolute Gasteiger partial charge is 0.344 e. The van der Waals surface area contributed by atoms with Crippen LogP contribution in [0.3, 0.4) is 0 Å². The Morgan fingerprint density at radius 2 is 2.08 bits per heavy atom. The molecule has 134 valence electrons. The van der Waals surface area contributed by atoms with Crippen molar-refractivity contribution in [3.05, 3.63) is 46.8 Å². The fourth-order valence-electron chi connectivity index (χ4n) is 1.94. The lowest BCUT2D eigenvalue weighted by molar-refractivity contribution is -0.155. The molecule has 1 heterocycles. The number of Topliss-reactive ketones (excluding diaryl/α,β-unsaturated/α-hetero) is 1. The Morgan fingerprint density at radius 3 is 2.77 bits per heavy atom. The number of nitrogens with one attached hydrogen (secondary N) is 1. The van der Waals surface area contributed by atoms with Crippen molar-refractivity contribution in [2.45, 2.75) is 20.0 Å². The minimum absolute atomic E-state index is 0.117. The Kier molecular flexibility index (Phi) is 6.47. The van der Waals surface area contributed by atoms with Crippen LogP contribution < -0.4 is 10.1 Å². The Hall–Kier alpha value is -3.18.